The fourth-order valence-electron chi connectivity index (χ4n) is 3.40. The second kappa shape index (κ2) is 11.4. The van der Waals surface area contributed by atoms with Crippen molar-refractivity contribution in [1.29, 1.82) is 0 Å². The van der Waals surface area contributed by atoms with Crippen LogP contribution in [0.5, 0.6) is 0 Å². The van der Waals surface area contributed by atoms with Crippen molar-refractivity contribution >= 4 is 34.8 Å². The number of carbonyl (C=O) groups is 2. The smallest absolute Gasteiger partial charge is 0.253 e. The highest BCUT2D eigenvalue weighted by Gasteiger charge is 2.18. The SMILES string of the molecule is CC(C)Cc1ccc(C(C)C(=O)NC(=S)Nc2ccccc2C(=O)NCc2ccco2)cc1. The van der Waals surface area contributed by atoms with Gasteiger partial charge in [0, 0.05) is 0 Å². The molecule has 0 fully saturated rings. The fraction of sp³-hybridized carbons (Fsp3) is 0.269. The van der Waals surface area contributed by atoms with Crippen LogP contribution in [0.15, 0.2) is 71.3 Å². The molecule has 0 aliphatic heterocycles. The molecule has 3 aromatic rings. The molecule has 6 nitrogen and oxygen atoms in total. The summed E-state index contributed by atoms with van der Waals surface area (Å²) < 4.78 is 5.24. The summed E-state index contributed by atoms with van der Waals surface area (Å²) >= 11 is 5.34. The zero-order valence-corrected chi connectivity index (χ0v) is 19.9. The number of hydrogen-bond donors (Lipinski definition) is 3. The maximum absolute atomic E-state index is 12.7. The van der Waals surface area contributed by atoms with Crippen molar-refractivity contribution in [2.45, 2.75) is 39.7 Å². The highest BCUT2D eigenvalue weighted by Crippen LogP contribution is 2.19. The van der Waals surface area contributed by atoms with Crippen LogP contribution in [0, 0.1) is 5.92 Å². The van der Waals surface area contributed by atoms with Crippen LogP contribution in [0.4, 0.5) is 5.69 Å². The Morgan fingerprint density at radius 1 is 0.970 bits per heavy atom. The Bertz CT molecular complexity index is 1090. The van der Waals surface area contributed by atoms with Crippen LogP contribution in [0.3, 0.4) is 0 Å². The van der Waals surface area contributed by atoms with Crippen LogP contribution < -0.4 is 16.0 Å². The van der Waals surface area contributed by atoms with Gasteiger partial charge >= 0.3 is 0 Å². The van der Waals surface area contributed by atoms with Crippen molar-refractivity contribution < 1.29 is 14.0 Å². The first-order valence-electron chi connectivity index (χ1n) is 10.9. The zero-order chi connectivity index (χ0) is 23.8. The third-order valence-corrected chi connectivity index (χ3v) is 5.38. The first kappa shape index (κ1) is 24.2. The maximum atomic E-state index is 12.7. The van der Waals surface area contributed by atoms with Crippen LogP contribution in [-0.2, 0) is 17.8 Å². The highest BCUT2D eigenvalue weighted by molar-refractivity contribution is 7.80. The molecule has 0 aliphatic rings. The van der Waals surface area contributed by atoms with Gasteiger partial charge in [-0.25, -0.2) is 0 Å². The number of nitrogens with one attached hydrogen (secondary N) is 3. The molecule has 33 heavy (non-hydrogen) atoms. The minimum Gasteiger partial charge on any atom is -0.467 e. The molecule has 1 atom stereocenters. The number of hydrogen-bond acceptors (Lipinski definition) is 4. The third kappa shape index (κ3) is 7.02. The van der Waals surface area contributed by atoms with E-state index >= 15 is 0 Å². The summed E-state index contributed by atoms with van der Waals surface area (Å²) in [5.41, 5.74) is 3.08. The van der Waals surface area contributed by atoms with Crippen molar-refractivity contribution in [2.24, 2.45) is 5.92 Å². The number of amides is 2. The van der Waals surface area contributed by atoms with Gasteiger partial charge in [-0.1, -0.05) is 50.2 Å². The molecule has 3 rings (SSSR count). The summed E-state index contributed by atoms with van der Waals surface area (Å²) in [4.78, 5) is 25.4. The van der Waals surface area contributed by atoms with Crippen molar-refractivity contribution in [3.05, 3.63) is 89.4 Å². The van der Waals surface area contributed by atoms with Gasteiger partial charge in [-0.15, -0.1) is 0 Å². The molecule has 0 aliphatic carbocycles. The molecule has 0 spiro atoms. The molecule has 0 saturated heterocycles. The number of para-hydroxylation sites is 1. The van der Waals surface area contributed by atoms with E-state index in [1.807, 2.05) is 19.1 Å². The molecule has 0 saturated carbocycles. The lowest BCUT2D eigenvalue weighted by atomic mass is 9.96. The molecule has 0 bridgehead atoms. The Morgan fingerprint density at radius 3 is 2.36 bits per heavy atom. The number of rotatable bonds is 8. The van der Waals surface area contributed by atoms with Crippen LogP contribution >= 0.6 is 12.2 Å². The first-order valence-corrected chi connectivity index (χ1v) is 11.3. The summed E-state index contributed by atoms with van der Waals surface area (Å²) in [6.07, 6.45) is 2.56. The van der Waals surface area contributed by atoms with E-state index in [4.69, 9.17) is 16.6 Å². The summed E-state index contributed by atoms with van der Waals surface area (Å²) in [7, 11) is 0. The van der Waals surface area contributed by atoms with Gasteiger partial charge in [-0.3, -0.25) is 9.59 Å². The number of carbonyl (C=O) groups excluding carboxylic acids is 2. The Labute approximate surface area is 199 Å². The predicted octanol–water partition coefficient (Wildman–Crippen LogP) is 5.02. The third-order valence-electron chi connectivity index (χ3n) is 5.18. The molecule has 1 unspecified atom stereocenters. The minimum absolute atomic E-state index is 0.134. The van der Waals surface area contributed by atoms with E-state index in [-0.39, 0.29) is 29.4 Å². The van der Waals surface area contributed by atoms with Crippen molar-refractivity contribution in [3.63, 3.8) is 0 Å². The molecular weight excluding hydrogens is 434 g/mol. The molecule has 1 heterocycles. The predicted molar refractivity (Wildman–Crippen MR) is 134 cm³/mol. The molecule has 2 aromatic carbocycles. The summed E-state index contributed by atoms with van der Waals surface area (Å²) in [5, 5.41) is 8.64. The first-order chi connectivity index (χ1) is 15.8. The second-order valence-corrected chi connectivity index (χ2v) is 8.72. The molecule has 172 valence electrons. The van der Waals surface area contributed by atoms with Gasteiger partial charge in [0.1, 0.15) is 5.76 Å². The van der Waals surface area contributed by atoms with Gasteiger partial charge in [0.25, 0.3) is 5.91 Å². The number of furan rings is 1. The van der Waals surface area contributed by atoms with E-state index in [0.717, 1.165) is 12.0 Å². The number of thiocarbonyl (C=S) groups is 1. The number of anilines is 1. The summed E-state index contributed by atoms with van der Waals surface area (Å²) in [6, 6.07) is 18.6. The highest BCUT2D eigenvalue weighted by atomic mass is 32.1. The quantitative estimate of drug-likeness (QED) is 0.408. The number of benzene rings is 2. The maximum Gasteiger partial charge on any atom is 0.253 e. The summed E-state index contributed by atoms with van der Waals surface area (Å²) in [5.74, 6) is 0.366. The van der Waals surface area contributed by atoms with E-state index in [0.29, 0.717) is 22.9 Å². The van der Waals surface area contributed by atoms with E-state index in [2.05, 4.69) is 41.9 Å². The van der Waals surface area contributed by atoms with E-state index < -0.39 is 0 Å². The molecule has 2 amide bonds. The zero-order valence-electron chi connectivity index (χ0n) is 19.1. The molecule has 7 heteroatoms. The Morgan fingerprint density at radius 2 is 1.70 bits per heavy atom. The lowest BCUT2D eigenvalue weighted by Crippen LogP contribution is -2.37. The van der Waals surface area contributed by atoms with Crippen molar-refractivity contribution in [3.8, 4) is 0 Å². The molecular formula is C26H29N3O3S. The lowest BCUT2D eigenvalue weighted by molar-refractivity contribution is -0.120. The largest absolute Gasteiger partial charge is 0.467 e. The average Bonchev–Trinajstić information content (AvgIpc) is 3.31. The van der Waals surface area contributed by atoms with Crippen LogP contribution in [0.1, 0.15) is 53.9 Å². The van der Waals surface area contributed by atoms with Gasteiger partial charge < -0.3 is 20.4 Å². The average molecular weight is 464 g/mol. The van der Waals surface area contributed by atoms with Crippen LogP contribution in [0.2, 0.25) is 0 Å². The van der Waals surface area contributed by atoms with Crippen LogP contribution in [0.25, 0.3) is 0 Å². The Balaban J connectivity index is 1.58. The normalized spacial score (nSPS) is 11.6. The monoisotopic (exact) mass is 463 g/mol. The standard InChI is InChI=1S/C26H29N3O3S/c1-17(2)15-19-10-12-20(13-11-19)18(3)24(30)29-26(33)28-23-9-5-4-8-22(23)25(31)27-16-21-7-6-14-32-21/h4-14,17-18H,15-16H2,1-3H3,(H,27,31)(H2,28,29,30,33). The fourth-order valence-corrected chi connectivity index (χ4v) is 3.62. The van der Waals surface area contributed by atoms with Crippen molar-refractivity contribution in [2.75, 3.05) is 5.32 Å². The van der Waals surface area contributed by atoms with Gasteiger partial charge in [-0.2, -0.15) is 0 Å². The van der Waals surface area contributed by atoms with E-state index in [9.17, 15) is 9.59 Å². The van der Waals surface area contributed by atoms with Gasteiger partial charge in [0.05, 0.1) is 30.0 Å². The Hall–Kier alpha value is -3.45. The molecule has 3 N–H and O–H groups in total. The van der Waals surface area contributed by atoms with E-state index in [1.54, 1.807) is 42.7 Å². The van der Waals surface area contributed by atoms with Crippen molar-refractivity contribution in [1.82, 2.24) is 10.6 Å². The van der Waals surface area contributed by atoms with Crippen LogP contribution in [-0.4, -0.2) is 16.9 Å². The molecule has 1 aromatic heterocycles. The minimum atomic E-state index is -0.371. The lowest BCUT2D eigenvalue weighted by Gasteiger charge is -2.16. The Kier molecular flexibility index (Phi) is 8.38. The van der Waals surface area contributed by atoms with E-state index in [1.165, 1.54) is 5.56 Å². The van der Waals surface area contributed by atoms with Gasteiger partial charge in [0.2, 0.25) is 5.91 Å². The second-order valence-electron chi connectivity index (χ2n) is 8.31. The van der Waals surface area contributed by atoms with Gasteiger partial charge in [-0.05, 0) is 66.9 Å². The van der Waals surface area contributed by atoms with Gasteiger partial charge in [0.15, 0.2) is 5.11 Å². The summed E-state index contributed by atoms with van der Waals surface area (Å²) in [6.45, 7) is 6.47. The molecule has 0 radical (unpaired) electrons. The topological polar surface area (TPSA) is 83.4 Å².